The van der Waals surface area contributed by atoms with E-state index in [2.05, 4.69) is 80.1 Å². The lowest BCUT2D eigenvalue weighted by molar-refractivity contribution is 0.316. The van der Waals surface area contributed by atoms with E-state index in [9.17, 15) is 0 Å². The molecule has 4 rings (SSSR count). The molecule has 1 N–H and O–H groups in total. The third kappa shape index (κ3) is 3.55. The molecule has 1 aliphatic heterocycles. The summed E-state index contributed by atoms with van der Waals surface area (Å²) >= 11 is 2.57. The van der Waals surface area contributed by atoms with Gasteiger partial charge in [0, 0.05) is 47.5 Å². The molecule has 1 aromatic heterocycles. The largest absolute Gasteiger partial charge is 0.379 e. The molecule has 2 heterocycles. The Labute approximate surface area is 168 Å². The van der Waals surface area contributed by atoms with Gasteiger partial charge in [-0.3, -0.25) is 9.88 Å². The van der Waals surface area contributed by atoms with Crippen LogP contribution in [0.1, 0.15) is 17.5 Å². The molecule has 26 heavy (non-hydrogen) atoms. The zero-order valence-electron chi connectivity index (χ0n) is 14.4. The highest BCUT2D eigenvalue weighted by atomic mass is 127. The summed E-state index contributed by atoms with van der Waals surface area (Å²) in [4.78, 5) is 6.75. The summed E-state index contributed by atoms with van der Waals surface area (Å²) in [6.07, 6.45) is 10.4. The molecule has 0 amide bonds. The van der Waals surface area contributed by atoms with E-state index in [-0.39, 0.29) is 0 Å². The summed E-state index contributed by atoms with van der Waals surface area (Å²) < 4.78 is 0.442. The fourth-order valence-corrected chi connectivity index (χ4v) is 4.53. The molecular weight excluding hydrogens is 433 g/mol. The average molecular weight is 453 g/mol. The van der Waals surface area contributed by atoms with Crippen LogP contribution in [0, 0.1) is 12.3 Å². The molecule has 2 unspecified atom stereocenters. The van der Waals surface area contributed by atoms with Crippen LogP contribution in [0.2, 0.25) is 0 Å². The number of likely N-dealkylation sites (tertiary alicyclic amines) is 1. The summed E-state index contributed by atoms with van der Waals surface area (Å²) in [6.45, 7) is 2.05. The monoisotopic (exact) mass is 453 g/mol. The number of nitrogens with zero attached hydrogens (tertiary/aromatic N) is 2. The number of hydrogen-bond donors (Lipinski definition) is 1. The summed E-state index contributed by atoms with van der Waals surface area (Å²) in [5.41, 5.74) is 3.44. The van der Waals surface area contributed by atoms with Gasteiger partial charge in [-0.2, -0.15) is 0 Å². The SMILES string of the molecule is C#Cc1ccc(CN2CCC(Nc3cccc4cnccc34)C2I)cc1. The number of halogens is 1. The third-order valence-electron chi connectivity index (χ3n) is 4.94. The summed E-state index contributed by atoms with van der Waals surface area (Å²) in [6, 6.07) is 17.2. The topological polar surface area (TPSA) is 28.2 Å². The molecule has 1 fully saturated rings. The van der Waals surface area contributed by atoms with E-state index in [4.69, 9.17) is 6.42 Å². The van der Waals surface area contributed by atoms with E-state index < -0.39 is 0 Å². The predicted molar refractivity (Wildman–Crippen MR) is 116 cm³/mol. The van der Waals surface area contributed by atoms with Crippen LogP contribution in [0.5, 0.6) is 0 Å². The number of nitrogens with one attached hydrogen (secondary N) is 1. The first-order chi connectivity index (χ1) is 12.7. The van der Waals surface area contributed by atoms with Gasteiger partial charge in [0.1, 0.15) is 0 Å². The fraction of sp³-hybridized carbons (Fsp3) is 0.227. The van der Waals surface area contributed by atoms with Crippen molar-refractivity contribution in [2.45, 2.75) is 23.1 Å². The van der Waals surface area contributed by atoms with Gasteiger partial charge in [0.15, 0.2) is 0 Å². The number of pyridine rings is 1. The van der Waals surface area contributed by atoms with Crippen LogP contribution in [0.25, 0.3) is 10.8 Å². The zero-order valence-corrected chi connectivity index (χ0v) is 16.6. The molecule has 1 aliphatic rings. The van der Waals surface area contributed by atoms with Crippen molar-refractivity contribution in [2.24, 2.45) is 0 Å². The first-order valence-electron chi connectivity index (χ1n) is 8.77. The van der Waals surface area contributed by atoms with Crippen molar-refractivity contribution in [3.05, 3.63) is 72.1 Å². The maximum absolute atomic E-state index is 5.44. The smallest absolute Gasteiger partial charge is 0.0826 e. The van der Waals surface area contributed by atoms with E-state index in [0.29, 0.717) is 10.1 Å². The molecule has 3 nitrogen and oxygen atoms in total. The Balaban J connectivity index is 1.46. The number of anilines is 1. The quantitative estimate of drug-likeness (QED) is 0.270. The third-order valence-corrected chi connectivity index (χ3v) is 6.59. The van der Waals surface area contributed by atoms with E-state index >= 15 is 0 Å². The van der Waals surface area contributed by atoms with Crippen molar-refractivity contribution in [3.8, 4) is 12.3 Å². The zero-order chi connectivity index (χ0) is 17.9. The highest BCUT2D eigenvalue weighted by Crippen LogP contribution is 2.30. The average Bonchev–Trinajstić information content (AvgIpc) is 3.02. The normalized spacial score (nSPS) is 20.2. The van der Waals surface area contributed by atoms with Gasteiger partial charge >= 0.3 is 0 Å². The molecule has 4 heteroatoms. The molecule has 3 aromatic rings. The van der Waals surface area contributed by atoms with Crippen LogP contribution in [-0.4, -0.2) is 26.5 Å². The molecule has 0 bridgehead atoms. The van der Waals surface area contributed by atoms with Gasteiger partial charge in [0.25, 0.3) is 0 Å². The van der Waals surface area contributed by atoms with E-state index in [1.54, 1.807) is 0 Å². The first kappa shape index (κ1) is 17.3. The summed E-state index contributed by atoms with van der Waals surface area (Å²) in [5, 5.41) is 6.17. The van der Waals surface area contributed by atoms with Crippen molar-refractivity contribution < 1.29 is 0 Å². The maximum Gasteiger partial charge on any atom is 0.0826 e. The standard InChI is InChI=1S/C22H20IN3/c1-2-16-6-8-17(9-7-16)15-26-13-11-21(22(26)23)25-20-5-3-4-18-14-24-12-10-19(18)20/h1,3-10,12,14,21-22,25H,11,13,15H2. The Bertz CT molecular complexity index is 940. The number of hydrogen-bond acceptors (Lipinski definition) is 3. The second kappa shape index (κ2) is 7.65. The number of fused-ring (bicyclic) bond motifs is 1. The first-order valence-corrected chi connectivity index (χ1v) is 10.0. The van der Waals surface area contributed by atoms with Crippen LogP contribution in [0.15, 0.2) is 60.9 Å². The molecule has 0 radical (unpaired) electrons. The van der Waals surface area contributed by atoms with Gasteiger partial charge in [0.05, 0.1) is 10.1 Å². The molecule has 2 atom stereocenters. The van der Waals surface area contributed by atoms with Gasteiger partial charge in [-0.15, -0.1) is 6.42 Å². The fourth-order valence-electron chi connectivity index (χ4n) is 3.52. The minimum atomic E-state index is 0.430. The minimum absolute atomic E-state index is 0.430. The lowest BCUT2D eigenvalue weighted by Crippen LogP contribution is -2.33. The Morgan fingerprint density at radius 1 is 1.19 bits per heavy atom. The Hall–Kier alpha value is -2.10. The highest BCUT2D eigenvalue weighted by Gasteiger charge is 2.32. The molecule has 2 aromatic carbocycles. The Kier molecular flexibility index (Phi) is 5.09. The van der Waals surface area contributed by atoms with Crippen LogP contribution in [-0.2, 0) is 6.54 Å². The van der Waals surface area contributed by atoms with Crippen molar-refractivity contribution in [3.63, 3.8) is 0 Å². The maximum atomic E-state index is 5.44. The highest BCUT2D eigenvalue weighted by molar-refractivity contribution is 14.1. The molecule has 130 valence electrons. The van der Waals surface area contributed by atoms with Crippen molar-refractivity contribution in [2.75, 3.05) is 11.9 Å². The van der Waals surface area contributed by atoms with Gasteiger partial charge in [-0.25, -0.2) is 0 Å². The molecule has 0 spiro atoms. The number of terminal acetylenes is 1. The van der Waals surface area contributed by atoms with Gasteiger partial charge < -0.3 is 5.32 Å². The molecular formula is C22H20IN3. The Morgan fingerprint density at radius 2 is 2.04 bits per heavy atom. The lowest BCUT2D eigenvalue weighted by atomic mass is 10.1. The van der Waals surface area contributed by atoms with Gasteiger partial charge in [-0.1, -0.05) is 52.8 Å². The van der Waals surface area contributed by atoms with Crippen molar-refractivity contribution in [1.29, 1.82) is 0 Å². The number of benzene rings is 2. The van der Waals surface area contributed by atoms with Gasteiger partial charge in [0.2, 0.25) is 0 Å². The summed E-state index contributed by atoms with van der Waals surface area (Å²) in [5.74, 6) is 2.68. The Morgan fingerprint density at radius 3 is 2.85 bits per heavy atom. The second-order valence-corrected chi connectivity index (χ2v) is 7.90. The van der Waals surface area contributed by atoms with Crippen LogP contribution in [0.4, 0.5) is 5.69 Å². The van der Waals surface area contributed by atoms with Gasteiger partial charge in [-0.05, 0) is 36.2 Å². The van der Waals surface area contributed by atoms with Crippen molar-refractivity contribution >= 4 is 39.1 Å². The van der Waals surface area contributed by atoms with E-state index in [1.165, 1.54) is 22.0 Å². The molecule has 1 saturated heterocycles. The minimum Gasteiger partial charge on any atom is -0.379 e. The second-order valence-electron chi connectivity index (χ2n) is 6.63. The van der Waals surface area contributed by atoms with Crippen LogP contribution < -0.4 is 5.32 Å². The van der Waals surface area contributed by atoms with E-state index in [1.807, 2.05) is 24.5 Å². The molecule has 0 saturated carbocycles. The van der Waals surface area contributed by atoms with E-state index in [0.717, 1.165) is 25.1 Å². The number of aromatic nitrogens is 1. The van der Waals surface area contributed by atoms with Crippen LogP contribution >= 0.6 is 22.6 Å². The lowest BCUT2D eigenvalue weighted by Gasteiger charge is -2.24. The number of alkyl halides is 1. The summed E-state index contributed by atoms with van der Waals surface area (Å²) in [7, 11) is 0. The predicted octanol–water partition coefficient (Wildman–Crippen LogP) is 4.66. The van der Waals surface area contributed by atoms with Crippen LogP contribution in [0.3, 0.4) is 0 Å². The number of rotatable bonds is 4. The molecule has 0 aliphatic carbocycles. The van der Waals surface area contributed by atoms with Crippen molar-refractivity contribution in [1.82, 2.24) is 9.88 Å².